The molecule has 0 heterocycles. The second-order valence-electron chi connectivity index (χ2n) is 3.94. The van der Waals surface area contributed by atoms with Crippen molar-refractivity contribution in [2.45, 2.75) is 35.9 Å². The van der Waals surface area contributed by atoms with Gasteiger partial charge in [0.15, 0.2) is 0 Å². The van der Waals surface area contributed by atoms with Crippen molar-refractivity contribution in [3.05, 3.63) is 25.3 Å². The van der Waals surface area contributed by atoms with Crippen LogP contribution < -0.4 is 0 Å². The fraction of sp³-hybridized carbons (Fsp3) is 0.600. The van der Waals surface area contributed by atoms with E-state index in [-0.39, 0.29) is 0 Å². The van der Waals surface area contributed by atoms with E-state index in [1.807, 2.05) is 13.2 Å². The highest BCUT2D eigenvalue weighted by Gasteiger charge is 2.79. The minimum Gasteiger partial charge on any atom is -0.245 e. The molecule has 0 unspecified atom stereocenters. The van der Waals surface area contributed by atoms with Crippen molar-refractivity contribution >= 4 is 0 Å². The number of hydrogen-bond acceptors (Lipinski definition) is 1. The fourth-order valence-electron chi connectivity index (χ4n) is 0.934. The normalized spacial score (nSPS) is 15.5. The summed E-state index contributed by atoms with van der Waals surface area (Å²) in [5.41, 5.74) is 0. The third-order valence-electron chi connectivity index (χ3n) is 2.34. The Kier molecular flexibility index (Phi) is 5.26. The first-order chi connectivity index (χ1) is 9.83. The van der Waals surface area contributed by atoms with Crippen LogP contribution in [0.1, 0.15) is 0 Å². The molecule has 0 N–H and O–H groups in total. The summed E-state index contributed by atoms with van der Waals surface area (Å²) in [5, 5.41) is 0. The maximum atomic E-state index is 12.8. The van der Waals surface area contributed by atoms with Crippen LogP contribution in [0, 0.1) is 0 Å². The van der Waals surface area contributed by atoms with E-state index in [1.54, 1.807) is 4.74 Å². The number of rotatable bonds is 8. The van der Waals surface area contributed by atoms with Crippen LogP contribution in [-0.2, 0) is 4.74 Å². The van der Waals surface area contributed by atoms with E-state index in [2.05, 4.69) is 0 Å². The molecular weight excluding hydrogens is 364 g/mol. The van der Waals surface area contributed by atoms with Crippen LogP contribution >= 0.6 is 0 Å². The second-order valence-corrected chi connectivity index (χ2v) is 3.94. The molecule has 13 heteroatoms. The van der Waals surface area contributed by atoms with E-state index in [1.165, 1.54) is 0 Å². The van der Waals surface area contributed by atoms with Crippen LogP contribution in [0.2, 0.25) is 0 Å². The van der Waals surface area contributed by atoms with Crippen molar-refractivity contribution in [2.24, 2.45) is 0 Å². The smallest absolute Gasteiger partial charge is 0.245 e. The number of hydrogen-bond donors (Lipinski definition) is 0. The topological polar surface area (TPSA) is 9.23 Å². The van der Waals surface area contributed by atoms with Gasteiger partial charge in [-0.15, -0.1) is 0 Å². The van der Waals surface area contributed by atoms with Gasteiger partial charge >= 0.3 is 35.9 Å². The second kappa shape index (κ2) is 5.60. The Morgan fingerprint density at radius 1 is 0.522 bits per heavy atom. The van der Waals surface area contributed by atoms with Crippen molar-refractivity contribution < 1.29 is 57.4 Å². The summed E-state index contributed by atoms with van der Waals surface area (Å²) in [5.74, 6) is -25.4. The summed E-state index contributed by atoms with van der Waals surface area (Å²) in [6.45, 7) is 4.04. The number of halogens is 12. The Hall–Kier alpha value is -1.40. The zero-order valence-corrected chi connectivity index (χ0v) is 10.5. The largest absolute Gasteiger partial charge is 0.430 e. The molecule has 23 heavy (non-hydrogen) atoms. The zero-order valence-electron chi connectivity index (χ0n) is 10.5. The third-order valence-corrected chi connectivity index (χ3v) is 2.34. The molecule has 0 aromatic heterocycles. The van der Waals surface area contributed by atoms with Gasteiger partial charge in [-0.05, 0) is 12.2 Å². The van der Waals surface area contributed by atoms with Crippen LogP contribution in [0.15, 0.2) is 25.3 Å². The number of ether oxygens (including phenoxy) is 1. The van der Waals surface area contributed by atoms with Gasteiger partial charge in [-0.3, -0.25) is 0 Å². The Balaban J connectivity index is 5.86. The predicted octanol–water partition coefficient (Wildman–Crippen LogP) is 5.10. The number of allylic oxidation sites excluding steroid dienone is 2. The Morgan fingerprint density at radius 2 is 0.739 bits per heavy atom. The molecule has 1 nitrogen and oxygen atoms in total. The molecule has 0 spiro atoms. The molecule has 0 atom stereocenters. The van der Waals surface area contributed by atoms with Gasteiger partial charge in [-0.25, -0.2) is 4.74 Å². The molecule has 0 aliphatic carbocycles. The van der Waals surface area contributed by atoms with Crippen LogP contribution in [0.5, 0.6) is 0 Å². The predicted molar refractivity (Wildman–Crippen MR) is 51.2 cm³/mol. The van der Waals surface area contributed by atoms with Gasteiger partial charge in [-0.1, -0.05) is 13.2 Å². The van der Waals surface area contributed by atoms with E-state index in [9.17, 15) is 52.7 Å². The average molecular weight is 370 g/mol. The lowest BCUT2D eigenvalue weighted by atomic mass is 10.1. The lowest BCUT2D eigenvalue weighted by molar-refractivity contribution is -0.494. The lowest BCUT2D eigenvalue weighted by Crippen LogP contribution is -2.62. The van der Waals surface area contributed by atoms with Crippen molar-refractivity contribution in [3.8, 4) is 0 Å². The molecule has 0 fully saturated rings. The van der Waals surface area contributed by atoms with Crippen LogP contribution in [0.3, 0.4) is 0 Å². The van der Waals surface area contributed by atoms with Gasteiger partial charge < -0.3 is 0 Å². The van der Waals surface area contributed by atoms with Crippen LogP contribution in [0.25, 0.3) is 0 Å². The van der Waals surface area contributed by atoms with Crippen molar-refractivity contribution in [1.29, 1.82) is 0 Å². The van der Waals surface area contributed by atoms with E-state index in [0.717, 1.165) is 0 Å². The summed E-state index contributed by atoms with van der Waals surface area (Å²) in [4.78, 5) is 0. The van der Waals surface area contributed by atoms with Gasteiger partial charge in [0.2, 0.25) is 0 Å². The molecular formula is C10H6F12O. The molecule has 0 aliphatic heterocycles. The van der Waals surface area contributed by atoms with E-state index >= 15 is 0 Å². The highest BCUT2D eigenvalue weighted by molar-refractivity contribution is 5.05. The first-order valence-corrected chi connectivity index (χ1v) is 5.07. The summed E-state index contributed by atoms with van der Waals surface area (Å²) in [6, 6.07) is 0. The van der Waals surface area contributed by atoms with Crippen LogP contribution in [-0.4, -0.2) is 35.9 Å². The van der Waals surface area contributed by atoms with E-state index < -0.39 is 48.1 Å². The van der Waals surface area contributed by atoms with Crippen molar-refractivity contribution in [1.82, 2.24) is 0 Å². The SMILES string of the molecule is C=CC(F)(F)C(F)(F)C(F)(F)OC(F)(F)C(F)(F)C(F)(F)C=C. The Labute approximate surface area is 120 Å². The molecule has 0 saturated heterocycles. The maximum absolute atomic E-state index is 12.8. The van der Waals surface area contributed by atoms with E-state index in [4.69, 9.17) is 0 Å². The van der Waals surface area contributed by atoms with Crippen LogP contribution in [0.4, 0.5) is 52.7 Å². The standard InChI is InChI=1S/C10H6F12O/c1-3-5(11,12)7(15,16)9(19,20)23-10(21,22)8(17,18)6(13,14)4-2/h3-4H,1-2H2. The quantitative estimate of drug-likeness (QED) is 0.427. The van der Waals surface area contributed by atoms with Crippen molar-refractivity contribution in [2.75, 3.05) is 0 Å². The monoisotopic (exact) mass is 370 g/mol. The summed E-state index contributed by atoms with van der Waals surface area (Å²) < 4.78 is 154. The highest BCUT2D eigenvalue weighted by atomic mass is 19.4. The van der Waals surface area contributed by atoms with Gasteiger partial charge in [0.25, 0.3) is 0 Å². The molecule has 0 aromatic rings. The highest BCUT2D eigenvalue weighted by Crippen LogP contribution is 2.53. The average Bonchev–Trinajstić information content (AvgIpc) is 2.36. The third kappa shape index (κ3) is 3.28. The van der Waals surface area contributed by atoms with E-state index in [0.29, 0.717) is 0 Å². The maximum Gasteiger partial charge on any atom is 0.430 e. The molecule has 0 radical (unpaired) electrons. The Morgan fingerprint density at radius 3 is 0.913 bits per heavy atom. The lowest BCUT2D eigenvalue weighted by Gasteiger charge is -2.36. The van der Waals surface area contributed by atoms with Crippen molar-refractivity contribution in [3.63, 3.8) is 0 Å². The molecule has 0 rings (SSSR count). The van der Waals surface area contributed by atoms with Gasteiger partial charge in [0.05, 0.1) is 0 Å². The first-order valence-electron chi connectivity index (χ1n) is 5.07. The molecule has 0 amide bonds. The molecule has 0 aromatic carbocycles. The summed E-state index contributed by atoms with van der Waals surface area (Å²) in [6.07, 6.45) is -16.1. The molecule has 0 bridgehead atoms. The minimum absolute atomic E-state index is 1.10. The Bertz CT molecular complexity index is 424. The molecule has 0 saturated carbocycles. The van der Waals surface area contributed by atoms with Gasteiger partial charge in [-0.2, -0.15) is 52.7 Å². The summed E-state index contributed by atoms with van der Waals surface area (Å²) >= 11 is 0. The molecule has 136 valence electrons. The number of alkyl halides is 12. The first kappa shape index (κ1) is 21.6. The zero-order chi connectivity index (χ0) is 19.1. The van der Waals surface area contributed by atoms with Gasteiger partial charge in [0, 0.05) is 0 Å². The van der Waals surface area contributed by atoms with Gasteiger partial charge in [0.1, 0.15) is 0 Å². The minimum atomic E-state index is -6.96. The fourth-order valence-corrected chi connectivity index (χ4v) is 0.934. The molecule has 0 aliphatic rings. The summed E-state index contributed by atoms with van der Waals surface area (Å²) in [7, 11) is 0.